The zero-order chi connectivity index (χ0) is 14.0. The minimum Gasteiger partial charge on any atom is -0.394 e. The van der Waals surface area contributed by atoms with Crippen molar-refractivity contribution >= 4 is 6.29 Å². The lowest BCUT2D eigenvalue weighted by Crippen LogP contribution is -2.33. The predicted molar refractivity (Wildman–Crippen MR) is 65.4 cm³/mol. The number of hydrogen-bond acceptors (Lipinski definition) is 5. The molecule has 1 aliphatic rings. The number of aliphatic hydroxyl groups is 3. The van der Waals surface area contributed by atoms with E-state index in [1.54, 1.807) is 19.2 Å². The van der Waals surface area contributed by atoms with E-state index < -0.39 is 31.1 Å². The van der Waals surface area contributed by atoms with Gasteiger partial charge < -0.3 is 24.6 Å². The van der Waals surface area contributed by atoms with Crippen molar-refractivity contribution in [2.45, 2.75) is 31.5 Å². The first-order valence-electron chi connectivity index (χ1n) is 5.84. The number of carbonyl (C=O) groups is 1. The normalized spacial score (nSPS) is 29.9. The second-order valence-corrected chi connectivity index (χ2v) is 4.28. The molecular formula is C13H15NO5. The van der Waals surface area contributed by atoms with E-state index in [4.69, 9.17) is 9.84 Å². The van der Waals surface area contributed by atoms with Crippen LogP contribution in [-0.4, -0.2) is 51.1 Å². The number of ether oxygens (including phenoxy) is 1. The Bertz CT molecular complexity index is 527. The van der Waals surface area contributed by atoms with Crippen LogP contribution < -0.4 is 0 Å². The molecule has 3 N–H and O–H groups in total. The molecule has 0 spiro atoms. The Kier molecular flexibility index (Phi) is 4.02. The molecule has 1 saturated heterocycles. The lowest BCUT2D eigenvalue weighted by molar-refractivity contribution is -0.0530. The predicted octanol–water partition coefficient (Wildman–Crippen LogP) is -0.717. The summed E-state index contributed by atoms with van der Waals surface area (Å²) in [4.78, 5) is 11.0. The van der Waals surface area contributed by atoms with Gasteiger partial charge in [-0.3, -0.25) is 4.79 Å². The fourth-order valence-electron chi connectivity index (χ4n) is 2.13. The highest BCUT2D eigenvalue weighted by Crippen LogP contribution is 2.30. The zero-order valence-corrected chi connectivity index (χ0v) is 10.4. The van der Waals surface area contributed by atoms with E-state index in [-0.39, 0.29) is 5.69 Å². The van der Waals surface area contributed by atoms with E-state index in [0.717, 1.165) is 0 Å². The minimum atomic E-state index is -1.22. The molecule has 0 radical (unpaired) electrons. The van der Waals surface area contributed by atoms with Gasteiger partial charge in [0, 0.05) is 11.8 Å². The summed E-state index contributed by atoms with van der Waals surface area (Å²) in [6, 6.07) is 1.57. The second kappa shape index (κ2) is 5.55. The van der Waals surface area contributed by atoms with Crippen LogP contribution in [0.25, 0.3) is 0 Å². The van der Waals surface area contributed by atoms with Crippen LogP contribution in [0.5, 0.6) is 0 Å². The van der Waals surface area contributed by atoms with Crippen molar-refractivity contribution in [3.05, 3.63) is 23.5 Å². The second-order valence-electron chi connectivity index (χ2n) is 4.28. The Hall–Kier alpha value is -1.65. The summed E-state index contributed by atoms with van der Waals surface area (Å²) in [5, 5.41) is 28.6. The SMILES string of the molecule is CC#Cc1cc(C=O)n([C@@H]2O[C@H](CO)C(O)C2O)c1. The third-order valence-electron chi connectivity index (χ3n) is 3.06. The van der Waals surface area contributed by atoms with Crippen molar-refractivity contribution in [2.24, 2.45) is 0 Å². The Morgan fingerprint density at radius 1 is 1.47 bits per heavy atom. The highest BCUT2D eigenvalue weighted by Gasteiger charge is 2.43. The fraction of sp³-hybridized carbons (Fsp3) is 0.462. The molecule has 1 fully saturated rings. The van der Waals surface area contributed by atoms with Crippen molar-refractivity contribution in [3.8, 4) is 11.8 Å². The van der Waals surface area contributed by atoms with Gasteiger partial charge in [-0.25, -0.2) is 0 Å². The first kappa shape index (κ1) is 13.8. The lowest BCUT2D eigenvalue weighted by atomic mass is 10.1. The molecule has 102 valence electrons. The molecule has 2 heterocycles. The average molecular weight is 265 g/mol. The van der Waals surface area contributed by atoms with Gasteiger partial charge in [0.25, 0.3) is 0 Å². The standard InChI is InChI=1S/C13H15NO5/c1-2-3-8-4-9(6-15)14(5-8)13-12(18)11(17)10(7-16)19-13/h4-6,10-13,16-18H,7H2,1H3/t10-,11?,12?,13-/m1/s1. The van der Waals surface area contributed by atoms with Crippen LogP contribution >= 0.6 is 0 Å². The molecule has 1 aromatic heterocycles. The van der Waals surface area contributed by atoms with Gasteiger partial charge in [0.2, 0.25) is 0 Å². The number of aromatic nitrogens is 1. The molecule has 0 aliphatic carbocycles. The van der Waals surface area contributed by atoms with Gasteiger partial charge in [0.15, 0.2) is 12.5 Å². The number of carbonyl (C=O) groups excluding carboxylic acids is 1. The molecule has 2 rings (SSSR count). The molecule has 6 nitrogen and oxygen atoms in total. The van der Waals surface area contributed by atoms with Crippen LogP contribution in [0.1, 0.15) is 29.2 Å². The van der Waals surface area contributed by atoms with Gasteiger partial charge in [0.1, 0.15) is 18.3 Å². The third kappa shape index (κ3) is 2.41. The van der Waals surface area contributed by atoms with Gasteiger partial charge in [-0.15, -0.1) is 5.92 Å². The van der Waals surface area contributed by atoms with Gasteiger partial charge in [-0.2, -0.15) is 0 Å². The van der Waals surface area contributed by atoms with E-state index in [1.165, 1.54) is 4.57 Å². The Morgan fingerprint density at radius 3 is 2.74 bits per heavy atom. The number of aldehydes is 1. The zero-order valence-electron chi connectivity index (χ0n) is 10.4. The van der Waals surface area contributed by atoms with Crippen LogP contribution in [0.2, 0.25) is 0 Å². The highest BCUT2D eigenvalue weighted by molar-refractivity contribution is 5.73. The maximum Gasteiger partial charge on any atom is 0.166 e. The Labute approximate surface area is 110 Å². The van der Waals surface area contributed by atoms with Crippen LogP contribution in [0.4, 0.5) is 0 Å². The van der Waals surface area contributed by atoms with E-state index in [2.05, 4.69) is 11.8 Å². The molecule has 0 amide bonds. The Balaban J connectivity index is 2.35. The minimum absolute atomic E-state index is 0.285. The third-order valence-corrected chi connectivity index (χ3v) is 3.06. The maximum atomic E-state index is 11.0. The van der Waals surface area contributed by atoms with Crippen molar-refractivity contribution in [1.82, 2.24) is 4.57 Å². The van der Waals surface area contributed by atoms with Gasteiger partial charge >= 0.3 is 0 Å². The summed E-state index contributed by atoms with van der Waals surface area (Å²) in [7, 11) is 0. The van der Waals surface area contributed by atoms with Crippen molar-refractivity contribution in [1.29, 1.82) is 0 Å². The fourth-order valence-corrected chi connectivity index (χ4v) is 2.13. The number of rotatable bonds is 3. The van der Waals surface area contributed by atoms with Crippen molar-refractivity contribution in [2.75, 3.05) is 6.61 Å². The number of nitrogens with zero attached hydrogens (tertiary/aromatic N) is 1. The molecule has 4 atom stereocenters. The first-order chi connectivity index (χ1) is 9.12. The summed E-state index contributed by atoms with van der Waals surface area (Å²) in [6.07, 6.45) is -2.01. The molecule has 1 aromatic rings. The van der Waals surface area contributed by atoms with E-state index in [1.807, 2.05) is 0 Å². The molecule has 6 heteroatoms. The molecule has 1 aliphatic heterocycles. The van der Waals surface area contributed by atoms with Crippen molar-refractivity contribution in [3.63, 3.8) is 0 Å². The van der Waals surface area contributed by atoms with E-state index in [0.29, 0.717) is 11.8 Å². The first-order valence-corrected chi connectivity index (χ1v) is 5.84. The largest absolute Gasteiger partial charge is 0.394 e. The molecule has 0 bridgehead atoms. The van der Waals surface area contributed by atoms with Gasteiger partial charge in [-0.05, 0) is 13.0 Å². The molecule has 0 aromatic carbocycles. The molecule has 19 heavy (non-hydrogen) atoms. The van der Waals surface area contributed by atoms with E-state index >= 15 is 0 Å². The average Bonchev–Trinajstić information content (AvgIpc) is 2.93. The summed E-state index contributed by atoms with van der Waals surface area (Å²) >= 11 is 0. The van der Waals surface area contributed by atoms with Crippen LogP contribution in [0, 0.1) is 11.8 Å². The van der Waals surface area contributed by atoms with Crippen LogP contribution in [0.15, 0.2) is 12.3 Å². The number of hydrogen-bond donors (Lipinski definition) is 3. The summed E-state index contributed by atoms with van der Waals surface area (Å²) < 4.78 is 6.77. The summed E-state index contributed by atoms with van der Waals surface area (Å²) in [5.74, 6) is 5.51. The molecule has 2 unspecified atom stereocenters. The highest BCUT2D eigenvalue weighted by atomic mass is 16.6. The maximum absolute atomic E-state index is 11.0. The monoisotopic (exact) mass is 265 g/mol. The molecular weight excluding hydrogens is 250 g/mol. The lowest BCUT2D eigenvalue weighted by Gasteiger charge is -2.17. The number of aliphatic hydroxyl groups excluding tert-OH is 3. The topological polar surface area (TPSA) is 91.9 Å². The smallest absolute Gasteiger partial charge is 0.166 e. The van der Waals surface area contributed by atoms with Crippen LogP contribution in [-0.2, 0) is 4.74 Å². The Morgan fingerprint density at radius 2 is 2.21 bits per heavy atom. The summed E-state index contributed by atoms with van der Waals surface area (Å²) in [5.41, 5.74) is 0.898. The van der Waals surface area contributed by atoms with Crippen molar-refractivity contribution < 1.29 is 24.9 Å². The van der Waals surface area contributed by atoms with E-state index in [9.17, 15) is 15.0 Å². The summed E-state index contributed by atoms with van der Waals surface area (Å²) in [6.45, 7) is 1.26. The molecule has 0 saturated carbocycles. The van der Waals surface area contributed by atoms with Gasteiger partial charge in [-0.1, -0.05) is 5.92 Å². The quantitative estimate of drug-likeness (QED) is 0.496. The van der Waals surface area contributed by atoms with Crippen LogP contribution in [0.3, 0.4) is 0 Å². The van der Waals surface area contributed by atoms with Gasteiger partial charge in [0.05, 0.1) is 12.3 Å².